The Hall–Kier alpha value is -2.21. The Labute approximate surface area is 149 Å². The third-order valence-corrected chi connectivity index (χ3v) is 4.18. The molecule has 1 aliphatic carbocycles. The number of carbonyl (C=O) groups excluding carboxylic acids is 2. The quantitative estimate of drug-likeness (QED) is 0.707. The van der Waals surface area contributed by atoms with E-state index in [9.17, 15) is 9.59 Å². The Morgan fingerprint density at radius 3 is 2.36 bits per heavy atom. The van der Waals surface area contributed by atoms with Crippen molar-refractivity contribution in [3.63, 3.8) is 0 Å². The highest BCUT2D eigenvalue weighted by Crippen LogP contribution is 2.19. The maximum absolute atomic E-state index is 12.2. The Morgan fingerprint density at radius 2 is 1.76 bits per heavy atom. The van der Waals surface area contributed by atoms with E-state index in [0.717, 1.165) is 25.8 Å². The number of rotatable bonds is 8. The van der Waals surface area contributed by atoms with Crippen molar-refractivity contribution in [2.75, 3.05) is 33.7 Å². The molecule has 0 saturated heterocycles. The van der Waals surface area contributed by atoms with Crippen LogP contribution < -0.4 is 10.6 Å². The smallest absolute Gasteiger partial charge is 0.269 e. The number of nitrogens with zero attached hydrogens (tertiary/aromatic N) is 2. The number of carbonyl (C=O) groups is 2. The molecule has 6 heteroatoms. The zero-order valence-electron chi connectivity index (χ0n) is 15.2. The number of amides is 2. The fraction of sp³-hybridized carbons (Fsp3) is 0.526. The first-order chi connectivity index (χ1) is 12.1. The Balaban J connectivity index is 1.83. The maximum Gasteiger partial charge on any atom is 0.269 e. The lowest BCUT2D eigenvalue weighted by molar-refractivity contribution is 0.0943. The highest BCUT2D eigenvalue weighted by Gasteiger charge is 2.12. The van der Waals surface area contributed by atoms with Crippen LogP contribution in [0.25, 0.3) is 0 Å². The van der Waals surface area contributed by atoms with Crippen LogP contribution in [-0.2, 0) is 0 Å². The fourth-order valence-electron chi connectivity index (χ4n) is 2.73. The molecule has 2 amide bonds. The van der Waals surface area contributed by atoms with Gasteiger partial charge in [0, 0.05) is 19.6 Å². The fourth-order valence-corrected chi connectivity index (χ4v) is 2.73. The molecule has 0 saturated carbocycles. The lowest BCUT2D eigenvalue weighted by atomic mass is 9.97. The first kappa shape index (κ1) is 19.1. The number of aromatic nitrogens is 1. The third-order valence-electron chi connectivity index (χ3n) is 4.18. The topological polar surface area (TPSA) is 74.3 Å². The van der Waals surface area contributed by atoms with Crippen LogP contribution in [0.5, 0.6) is 0 Å². The number of pyridine rings is 1. The molecule has 1 aromatic rings. The van der Waals surface area contributed by atoms with Crippen LogP contribution in [-0.4, -0.2) is 55.4 Å². The van der Waals surface area contributed by atoms with E-state index in [-0.39, 0.29) is 23.2 Å². The van der Waals surface area contributed by atoms with Gasteiger partial charge in [0.25, 0.3) is 11.8 Å². The molecular formula is C19H28N4O2. The van der Waals surface area contributed by atoms with Gasteiger partial charge in [-0.25, -0.2) is 4.98 Å². The molecule has 0 unspecified atom stereocenters. The van der Waals surface area contributed by atoms with E-state index in [0.29, 0.717) is 13.1 Å². The van der Waals surface area contributed by atoms with E-state index in [2.05, 4.69) is 21.7 Å². The summed E-state index contributed by atoms with van der Waals surface area (Å²) in [6, 6.07) is 4.94. The van der Waals surface area contributed by atoms with E-state index in [4.69, 9.17) is 0 Å². The van der Waals surface area contributed by atoms with E-state index < -0.39 is 0 Å². The van der Waals surface area contributed by atoms with Gasteiger partial charge in [0.1, 0.15) is 11.4 Å². The van der Waals surface area contributed by atoms with Crippen LogP contribution in [0, 0.1) is 0 Å². The summed E-state index contributed by atoms with van der Waals surface area (Å²) in [5.74, 6) is -0.497. The average Bonchev–Trinajstić information content (AvgIpc) is 2.62. The molecule has 2 rings (SSSR count). The lowest BCUT2D eigenvalue weighted by Gasteiger charge is -2.13. The SMILES string of the molecule is CN(C)CCNC(=O)c1cccc(C(=O)NCCC2=CCCCC2)n1. The Kier molecular flexibility index (Phi) is 7.60. The highest BCUT2D eigenvalue weighted by atomic mass is 16.2. The van der Waals surface area contributed by atoms with Crippen molar-refractivity contribution in [3.05, 3.63) is 41.2 Å². The van der Waals surface area contributed by atoms with Crippen LogP contribution in [0.2, 0.25) is 0 Å². The van der Waals surface area contributed by atoms with Crippen LogP contribution in [0.4, 0.5) is 0 Å². The molecule has 0 fully saturated rings. The molecule has 1 aromatic heterocycles. The zero-order valence-corrected chi connectivity index (χ0v) is 15.2. The predicted molar refractivity (Wildman–Crippen MR) is 98.6 cm³/mol. The van der Waals surface area contributed by atoms with Crippen molar-refractivity contribution in [2.45, 2.75) is 32.1 Å². The van der Waals surface area contributed by atoms with Gasteiger partial charge in [-0.05, 0) is 58.3 Å². The molecule has 25 heavy (non-hydrogen) atoms. The summed E-state index contributed by atoms with van der Waals surface area (Å²) in [4.78, 5) is 30.5. The molecule has 0 radical (unpaired) electrons. The molecule has 0 aromatic carbocycles. The molecule has 6 nitrogen and oxygen atoms in total. The van der Waals surface area contributed by atoms with E-state index in [1.54, 1.807) is 18.2 Å². The van der Waals surface area contributed by atoms with Crippen molar-refractivity contribution in [2.24, 2.45) is 0 Å². The molecule has 0 aliphatic heterocycles. The average molecular weight is 344 g/mol. The van der Waals surface area contributed by atoms with Gasteiger partial charge in [-0.1, -0.05) is 17.7 Å². The summed E-state index contributed by atoms with van der Waals surface area (Å²) >= 11 is 0. The van der Waals surface area contributed by atoms with Crippen molar-refractivity contribution >= 4 is 11.8 Å². The van der Waals surface area contributed by atoms with Crippen LogP contribution in [0.15, 0.2) is 29.8 Å². The first-order valence-corrected chi connectivity index (χ1v) is 8.92. The molecule has 2 N–H and O–H groups in total. The summed E-state index contributed by atoms with van der Waals surface area (Å²) in [7, 11) is 3.89. The van der Waals surface area contributed by atoms with Gasteiger partial charge >= 0.3 is 0 Å². The predicted octanol–water partition coefficient (Wildman–Crippen LogP) is 1.99. The van der Waals surface area contributed by atoms with Gasteiger partial charge < -0.3 is 15.5 Å². The standard InChI is InChI=1S/C19H28N4O2/c1-23(2)14-13-21-19(25)17-10-6-9-16(22-17)18(24)20-12-11-15-7-4-3-5-8-15/h6-7,9-10H,3-5,8,11-14H2,1-2H3,(H,20,24)(H,21,25). The normalized spacial score (nSPS) is 14.1. The zero-order chi connectivity index (χ0) is 18.1. The van der Waals surface area contributed by atoms with Gasteiger partial charge in [-0.3, -0.25) is 9.59 Å². The summed E-state index contributed by atoms with van der Waals surface area (Å²) in [6.45, 7) is 1.90. The molecule has 1 heterocycles. The van der Waals surface area contributed by atoms with Crippen LogP contribution >= 0.6 is 0 Å². The van der Waals surface area contributed by atoms with E-state index in [1.165, 1.54) is 18.4 Å². The molecule has 0 atom stereocenters. The van der Waals surface area contributed by atoms with Gasteiger partial charge in [-0.15, -0.1) is 0 Å². The number of hydrogen-bond donors (Lipinski definition) is 2. The molecular weight excluding hydrogens is 316 g/mol. The van der Waals surface area contributed by atoms with Gasteiger partial charge in [0.05, 0.1) is 0 Å². The largest absolute Gasteiger partial charge is 0.350 e. The third kappa shape index (κ3) is 6.66. The second-order valence-electron chi connectivity index (χ2n) is 6.58. The van der Waals surface area contributed by atoms with Crippen molar-refractivity contribution in [1.82, 2.24) is 20.5 Å². The van der Waals surface area contributed by atoms with E-state index >= 15 is 0 Å². The molecule has 0 bridgehead atoms. The van der Waals surface area contributed by atoms with Crippen molar-refractivity contribution in [1.29, 1.82) is 0 Å². The number of allylic oxidation sites excluding steroid dienone is 1. The Morgan fingerprint density at radius 1 is 1.08 bits per heavy atom. The van der Waals surface area contributed by atoms with Crippen LogP contribution in [0.1, 0.15) is 53.1 Å². The number of hydrogen-bond acceptors (Lipinski definition) is 4. The molecule has 1 aliphatic rings. The van der Waals surface area contributed by atoms with Crippen molar-refractivity contribution in [3.8, 4) is 0 Å². The minimum absolute atomic E-state index is 0.237. The van der Waals surface area contributed by atoms with Crippen molar-refractivity contribution < 1.29 is 9.59 Å². The van der Waals surface area contributed by atoms with Gasteiger partial charge in [0.15, 0.2) is 0 Å². The monoisotopic (exact) mass is 344 g/mol. The Bertz CT molecular complexity index is 626. The van der Waals surface area contributed by atoms with E-state index in [1.807, 2.05) is 19.0 Å². The minimum Gasteiger partial charge on any atom is -0.350 e. The van der Waals surface area contributed by atoms with Gasteiger partial charge in [-0.2, -0.15) is 0 Å². The number of likely N-dealkylation sites (N-methyl/N-ethyl adjacent to an activating group) is 1. The summed E-state index contributed by atoms with van der Waals surface area (Å²) < 4.78 is 0. The first-order valence-electron chi connectivity index (χ1n) is 8.92. The summed E-state index contributed by atoms with van der Waals surface area (Å²) in [5.41, 5.74) is 1.97. The lowest BCUT2D eigenvalue weighted by Crippen LogP contribution is -2.32. The maximum atomic E-state index is 12.2. The highest BCUT2D eigenvalue weighted by molar-refractivity contribution is 5.96. The second kappa shape index (κ2) is 9.93. The summed E-state index contributed by atoms with van der Waals surface area (Å²) in [6.07, 6.45) is 7.96. The molecule has 136 valence electrons. The van der Waals surface area contributed by atoms with Gasteiger partial charge in [0.2, 0.25) is 0 Å². The summed E-state index contributed by atoms with van der Waals surface area (Å²) in [5, 5.41) is 5.69. The van der Waals surface area contributed by atoms with Crippen LogP contribution in [0.3, 0.4) is 0 Å². The minimum atomic E-state index is -0.260. The second-order valence-corrected chi connectivity index (χ2v) is 6.58. The molecule has 0 spiro atoms. The number of nitrogens with one attached hydrogen (secondary N) is 2.